The van der Waals surface area contributed by atoms with E-state index in [1.54, 1.807) is 18.2 Å². The molecule has 136 valence electrons. The lowest BCUT2D eigenvalue weighted by Gasteiger charge is -2.15. The molecule has 0 spiro atoms. The molecule has 0 aliphatic carbocycles. The molecule has 1 aliphatic rings. The number of rotatable bonds is 3. The maximum Gasteiger partial charge on any atom is 0.416 e. The summed E-state index contributed by atoms with van der Waals surface area (Å²) in [5, 5.41) is 4.85. The van der Waals surface area contributed by atoms with Crippen molar-refractivity contribution in [2.24, 2.45) is 0 Å². The summed E-state index contributed by atoms with van der Waals surface area (Å²) in [6, 6.07) is 7.71. The SMILES string of the molecule is CC(=O)Nc1ccc(C(F)(F)F)cc1NC(=O)c1ccc2c(c1)COC2. The van der Waals surface area contributed by atoms with Crippen molar-refractivity contribution in [3.8, 4) is 0 Å². The van der Waals surface area contributed by atoms with E-state index in [0.717, 1.165) is 29.3 Å². The maximum absolute atomic E-state index is 13.0. The molecular weight excluding hydrogens is 349 g/mol. The third kappa shape index (κ3) is 3.85. The number of alkyl halides is 3. The molecule has 2 aromatic carbocycles. The topological polar surface area (TPSA) is 67.4 Å². The maximum atomic E-state index is 13.0. The summed E-state index contributed by atoms with van der Waals surface area (Å²) < 4.78 is 44.2. The van der Waals surface area contributed by atoms with Crippen LogP contribution in [0.4, 0.5) is 24.5 Å². The fraction of sp³-hybridized carbons (Fsp3) is 0.222. The molecule has 26 heavy (non-hydrogen) atoms. The Morgan fingerprint density at radius 1 is 0.962 bits per heavy atom. The quantitative estimate of drug-likeness (QED) is 0.867. The van der Waals surface area contributed by atoms with Crippen molar-refractivity contribution in [2.75, 3.05) is 10.6 Å². The van der Waals surface area contributed by atoms with Gasteiger partial charge in [0.2, 0.25) is 5.91 Å². The van der Waals surface area contributed by atoms with E-state index in [1.165, 1.54) is 6.92 Å². The van der Waals surface area contributed by atoms with Gasteiger partial charge in [-0.3, -0.25) is 9.59 Å². The molecule has 0 unspecified atom stereocenters. The lowest BCUT2D eigenvalue weighted by molar-refractivity contribution is -0.137. The Balaban J connectivity index is 1.91. The summed E-state index contributed by atoms with van der Waals surface area (Å²) in [5.74, 6) is -1.04. The number of benzene rings is 2. The monoisotopic (exact) mass is 364 g/mol. The summed E-state index contributed by atoms with van der Waals surface area (Å²) >= 11 is 0. The van der Waals surface area contributed by atoms with Gasteiger partial charge < -0.3 is 15.4 Å². The number of carbonyl (C=O) groups excluding carboxylic acids is 2. The van der Waals surface area contributed by atoms with E-state index >= 15 is 0 Å². The Morgan fingerprint density at radius 3 is 2.38 bits per heavy atom. The molecule has 2 amide bonds. The van der Waals surface area contributed by atoms with Crippen molar-refractivity contribution in [1.29, 1.82) is 0 Å². The second-order valence-electron chi connectivity index (χ2n) is 5.87. The minimum atomic E-state index is -4.57. The van der Waals surface area contributed by atoms with Crippen LogP contribution in [0.2, 0.25) is 0 Å². The molecule has 1 aliphatic heterocycles. The Bertz CT molecular complexity index is 878. The van der Waals surface area contributed by atoms with Crippen LogP contribution in [0.1, 0.15) is 34.0 Å². The van der Waals surface area contributed by atoms with E-state index in [1.807, 2.05) is 0 Å². The molecular formula is C18H15F3N2O3. The first kappa shape index (κ1) is 17.9. The number of anilines is 2. The van der Waals surface area contributed by atoms with E-state index in [-0.39, 0.29) is 11.4 Å². The molecule has 0 aromatic heterocycles. The summed E-state index contributed by atoms with van der Waals surface area (Å²) in [6.07, 6.45) is -4.57. The molecule has 5 nitrogen and oxygen atoms in total. The lowest BCUT2D eigenvalue weighted by Crippen LogP contribution is -2.16. The average Bonchev–Trinajstić information content (AvgIpc) is 3.02. The number of ether oxygens (including phenoxy) is 1. The van der Waals surface area contributed by atoms with Crippen molar-refractivity contribution < 1.29 is 27.5 Å². The van der Waals surface area contributed by atoms with Crippen LogP contribution in [0.3, 0.4) is 0 Å². The Morgan fingerprint density at radius 2 is 1.69 bits per heavy atom. The van der Waals surface area contributed by atoms with Crippen molar-refractivity contribution in [1.82, 2.24) is 0 Å². The van der Waals surface area contributed by atoms with Gasteiger partial charge in [-0.25, -0.2) is 0 Å². The number of hydrogen-bond donors (Lipinski definition) is 2. The predicted molar refractivity (Wildman–Crippen MR) is 88.6 cm³/mol. The Labute approximate surface area is 147 Å². The van der Waals surface area contributed by atoms with Crippen LogP contribution < -0.4 is 10.6 Å². The minimum absolute atomic E-state index is 0.0864. The minimum Gasteiger partial charge on any atom is -0.372 e. The summed E-state index contributed by atoms with van der Waals surface area (Å²) in [7, 11) is 0. The van der Waals surface area contributed by atoms with E-state index in [9.17, 15) is 22.8 Å². The summed E-state index contributed by atoms with van der Waals surface area (Å²) in [5.41, 5.74) is 1.16. The predicted octanol–water partition coefficient (Wildman–Crippen LogP) is 3.95. The zero-order valence-corrected chi connectivity index (χ0v) is 13.7. The second kappa shape index (κ2) is 6.80. The van der Waals surface area contributed by atoms with Crippen molar-refractivity contribution in [2.45, 2.75) is 26.3 Å². The van der Waals surface area contributed by atoms with Crippen LogP contribution >= 0.6 is 0 Å². The van der Waals surface area contributed by atoms with Gasteiger partial charge in [-0.1, -0.05) is 6.07 Å². The Hall–Kier alpha value is -2.87. The van der Waals surface area contributed by atoms with E-state index in [0.29, 0.717) is 18.8 Å². The zero-order valence-electron chi connectivity index (χ0n) is 13.7. The van der Waals surface area contributed by atoms with Crippen molar-refractivity contribution >= 4 is 23.2 Å². The molecule has 2 aromatic rings. The first-order chi connectivity index (χ1) is 12.2. The number of halogens is 3. The number of fused-ring (bicyclic) bond motifs is 1. The number of nitrogens with one attached hydrogen (secondary N) is 2. The largest absolute Gasteiger partial charge is 0.416 e. The molecule has 1 heterocycles. The molecule has 0 saturated carbocycles. The van der Waals surface area contributed by atoms with Gasteiger partial charge in [-0.15, -0.1) is 0 Å². The van der Waals surface area contributed by atoms with Crippen LogP contribution in [0.5, 0.6) is 0 Å². The molecule has 2 N–H and O–H groups in total. The molecule has 0 radical (unpaired) electrons. The van der Waals surface area contributed by atoms with Crippen LogP contribution in [0.15, 0.2) is 36.4 Å². The van der Waals surface area contributed by atoms with Crippen molar-refractivity contribution in [3.05, 3.63) is 58.7 Å². The Kier molecular flexibility index (Phi) is 4.69. The van der Waals surface area contributed by atoms with E-state index in [2.05, 4.69) is 10.6 Å². The number of amides is 2. The van der Waals surface area contributed by atoms with Gasteiger partial charge >= 0.3 is 6.18 Å². The van der Waals surface area contributed by atoms with E-state index in [4.69, 9.17) is 4.74 Å². The average molecular weight is 364 g/mol. The fourth-order valence-electron chi connectivity index (χ4n) is 2.63. The normalized spacial score (nSPS) is 13.2. The lowest BCUT2D eigenvalue weighted by atomic mass is 10.1. The molecule has 0 bridgehead atoms. The number of hydrogen-bond acceptors (Lipinski definition) is 3. The van der Waals surface area contributed by atoms with Gasteiger partial charge in [-0.2, -0.15) is 13.2 Å². The van der Waals surface area contributed by atoms with Crippen LogP contribution in [-0.4, -0.2) is 11.8 Å². The highest BCUT2D eigenvalue weighted by molar-refractivity contribution is 6.07. The van der Waals surface area contributed by atoms with Gasteiger partial charge in [0.15, 0.2) is 0 Å². The fourth-order valence-corrected chi connectivity index (χ4v) is 2.63. The van der Waals surface area contributed by atoms with Crippen LogP contribution in [0.25, 0.3) is 0 Å². The van der Waals surface area contributed by atoms with Crippen LogP contribution in [0, 0.1) is 0 Å². The zero-order chi connectivity index (χ0) is 18.9. The standard InChI is InChI=1S/C18H15F3N2O3/c1-10(24)22-15-5-4-14(18(19,20)21)7-16(15)23-17(25)11-2-3-12-8-26-9-13(12)6-11/h2-7H,8-9H2,1H3,(H,22,24)(H,23,25). The van der Waals surface area contributed by atoms with Gasteiger partial charge in [0.25, 0.3) is 5.91 Å². The first-order valence-electron chi connectivity index (χ1n) is 7.74. The number of carbonyl (C=O) groups is 2. The highest BCUT2D eigenvalue weighted by Crippen LogP contribution is 2.34. The summed E-state index contributed by atoms with van der Waals surface area (Å²) in [6.45, 7) is 2.08. The molecule has 8 heteroatoms. The van der Waals surface area contributed by atoms with E-state index < -0.39 is 23.6 Å². The van der Waals surface area contributed by atoms with Gasteiger partial charge in [-0.05, 0) is 41.5 Å². The molecule has 0 saturated heterocycles. The second-order valence-corrected chi connectivity index (χ2v) is 5.87. The third-order valence-corrected chi connectivity index (χ3v) is 3.89. The smallest absolute Gasteiger partial charge is 0.372 e. The molecule has 0 atom stereocenters. The first-order valence-corrected chi connectivity index (χ1v) is 7.74. The molecule has 3 rings (SSSR count). The summed E-state index contributed by atoms with van der Waals surface area (Å²) in [4.78, 5) is 23.7. The molecule has 0 fully saturated rings. The van der Waals surface area contributed by atoms with Gasteiger partial charge in [0.05, 0.1) is 30.2 Å². The van der Waals surface area contributed by atoms with Gasteiger partial charge in [0.1, 0.15) is 0 Å². The highest BCUT2D eigenvalue weighted by Gasteiger charge is 2.31. The van der Waals surface area contributed by atoms with Crippen LogP contribution in [-0.2, 0) is 28.9 Å². The van der Waals surface area contributed by atoms with Crippen molar-refractivity contribution in [3.63, 3.8) is 0 Å². The van der Waals surface area contributed by atoms with Gasteiger partial charge in [0, 0.05) is 12.5 Å². The highest BCUT2D eigenvalue weighted by atomic mass is 19.4. The third-order valence-electron chi connectivity index (χ3n) is 3.89.